The lowest BCUT2D eigenvalue weighted by atomic mass is 9.76. The van der Waals surface area contributed by atoms with E-state index in [-0.39, 0.29) is 11.2 Å². The maximum Gasteiger partial charge on any atom is 0.212 e. The summed E-state index contributed by atoms with van der Waals surface area (Å²) in [5, 5.41) is 0. The molecule has 2 heterocycles. The summed E-state index contributed by atoms with van der Waals surface area (Å²) in [6.07, 6.45) is 4.20. The van der Waals surface area contributed by atoms with Crippen LogP contribution in [-0.4, -0.2) is 19.9 Å². The molecule has 33 heavy (non-hydrogen) atoms. The van der Waals surface area contributed by atoms with Crippen LogP contribution in [0.5, 0.6) is 11.5 Å². The summed E-state index contributed by atoms with van der Waals surface area (Å²) < 4.78 is 26.2. The number of nitrogens with zero attached hydrogens (tertiary/aromatic N) is 1. The van der Waals surface area contributed by atoms with Gasteiger partial charge in [-0.1, -0.05) is 30.3 Å². The van der Waals surface area contributed by atoms with Crippen LogP contribution in [0.1, 0.15) is 30.5 Å². The van der Waals surface area contributed by atoms with Gasteiger partial charge >= 0.3 is 0 Å². The largest absolute Gasteiger partial charge is 0.493 e. The Morgan fingerprint density at radius 1 is 1.03 bits per heavy atom. The molecule has 3 aromatic rings. The van der Waals surface area contributed by atoms with Gasteiger partial charge < -0.3 is 14.4 Å². The number of halogens is 1. The van der Waals surface area contributed by atoms with Gasteiger partial charge in [-0.2, -0.15) is 0 Å². The van der Waals surface area contributed by atoms with E-state index in [2.05, 4.69) is 54.6 Å². The fraction of sp³-hybridized carbons (Fsp3) is 0.259. The summed E-state index contributed by atoms with van der Waals surface area (Å²) in [7, 11) is 3.20. The van der Waals surface area contributed by atoms with Crippen LogP contribution in [0, 0.1) is 5.82 Å². The lowest BCUT2D eigenvalue weighted by Crippen LogP contribution is -2.59. The van der Waals surface area contributed by atoms with E-state index in [9.17, 15) is 4.39 Å². The summed E-state index contributed by atoms with van der Waals surface area (Å²) >= 11 is 0. The molecule has 1 N–H and O–H groups in total. The fourth-order valence-corrected chi connectivity index (χ4v) is 4.98. The molecule has 170 valence electrons. The van der Waals surface area contributed by atoms with Crippen molar-refractivity contribution < 1.29 is 18.7 Å². The third-order valence-corrected chi connectivity index (χ3v) is 6.69. The predicted octanol–water partition coefficient (Wildman–Crippen LogP) is 5.91. The second kappa shape index (κ2) is 7.81. The molecular formula is C27H27FN2O3. The average Bonchev–Trinajstić information content (AvgIpc) is 2.99. The number of hydrogen-bond acceptors (Lipinski definition) is 5. The first-order valence-electron chi connectivity index (χ1n) is 10.9. The SMILES string of the molecule is CONc1cc2c(c(OC)c1)OC1(C=C2)N(Cc2ccc(F)cc2)c2ccccc2C1(C)C. The quantitative estimate of drug-likeness (QED) is 0.494. The Bertz CT molecular complexity index is 1220. The Morgan fingerprint density at radius 3 is 2.52 bits per heavy atom. The van der Waals surface area contributed by atoms with Gasteiger partial charge in [0.1, 0.15) is 5.82 Å². The van der Waals surface area contributed by atoms with Gasteiger partial charge in [0.25, 0.3) is 0 Å². The minimum Gasteiger partial charge on any atom is -0.493 e. The number of methoxy groups -OCH3 is 1. The second-order valence-electron chi connectivity index (χ2n) is 8.89. The number of benzene rings is 3. The van der Waals surface area contributed by atoms with Crippen LogP contribution < -0.4 is 19.9 Å². The maximum absolute atomic E-state index is 13.6. The standard InChI is InChI=1S/C27H27FN2O3/c1-26(2)22-7-5-6-8-23(22)30(17-18-9-11-20(28)12-10-18)27(26)14-13-19-15-21(29-32-4)16-24(31-3)25(19)33-27/h5-16,29H,17H2,1-4H3. The molecule has 5 rings (SSSR count). The molecule has 0 aliphatic carbocycles. The molecule has 2 aliphatic rings. The Labute approximate surface area is 193 Å². The minimum atomic E-state index is -0.804. The van der Waals surface area contributed by atoms with Gasteiger partial charge in [0, 0.05) is 23.9 Å². The average molecular weight is 447 g/mol. The number of hydrogen-bond donors (Lipinski definition) is 1. The minimum absolute atomic E-state index is 0.247. The van der Waals surface area contributed by atoms with Crippen LogP contribution in [0.15, 0.2) is 66.7 Å². The van der Waals surface area contributed by atoms with E-state index in [1.165, 1.54) is 17.7 Å². The van der Waals surface area contributed by atoms with Gasteiger partial charge in [0.15, 0.2) is 11.5 Å². The molecule has 0 saturated heterocycles. The highest BCUT2D eigenvalue weighted by molar-refractivity contribution is 5.76. The highest BCUT2D eigenvalue weighted by Crippen LogP contribution is 2.56. The van der Waals surface area contributed by atoms with E-state index >= 15 is 0 Å². The third-order valence-electron chi connectivity index (χ3n) is 6.69. The molecule has 5 nitrogen and oxygen atoms in total. The summed E-state index contributed by atoms with van der Waals surface area (Å²) in [6, 6.07) is 18.8. The van der Waals surface area contributed by atoms with Gasteiger partial charge in [-0.05, 0) is 61.4 Å². The van der Waals surface area contributed by atoms with Gasteiger partial charge in [-0.15, -0.1) is 0 Å². The molecule has 0 amide bonds. The Balaban J connectivity index is 1.65. The Hall–Kier alpha value is -3.51. The van der Waals surface area contributed by atoms with Gasteiger partial charge in [-0.3, -0.25) is 10.3 Å². The number of ether oxygens (including phenoxy) is 2. The summed E-state index contributed by atoms with van der Waals surface area (Å²) in [4.78, 5) is 7.33. The molecule has 3 aromatic carbocycles. The van der Waals surface area contributed by atoms with Crippen molar-refractivity contribution in [3.05, 3.63) is 89.2 Å². The molecule has 6 heteroatoms. The van der Waals surface area contributed by atoms with E-state index < -0.39 is 5.72 Å². The van der Waals surface area contributed by atoms with Gasteiger partial charge in [-0.25, -0.2) is 4.39 Å². The molecule has 1 atom stereocenters. The van der Waals surface area contributed by atoms with Crippen LogP contribution in [-0.2, 0) is 16.8 Å². The summed E-state index contributed by atoms with van der Waals surface area (Å²) in [5.41, 5.74) is 6.62. The first-order chi connectivity index (χ1) is 15.9. The number of fused-ring (bicyclic) bond motifs is 2. The van der Waals surface area contributed by atoms with E-state index in [1.807, 2.05) is 30.3 Å². The molecule has 1 unspecified atom stereocenters. The fourth-order valence-electron chi connectivity index (χ4n) is 4.98. The van der Waals surface area contributed by atoms with Crippen LogP contribution in [0.3, 0.4) is 0 Å². The van der Waals surface area contributed by atoms with Crippen molar-refractivity contribution in [1.29, 1.82) is 0 Å². The summed E-state index contributed by atoms with van der Waals surface area (Å²) in [5.74, 6) is 1.04. The van der Waals surface area contributed by atoms with E-state index in [4.69, 9.17) is 14.3 Å². The van der Waals surface area contributed by atoms with E-state index in [0.717, 1.165) is 22.5 Å². The predicted molar refractivity (Wildman–Crippen MR) is 128 cm³/mol. The molecule has 0 saturated carbocycles. The second-order valence-corrected chi connectivity index (χ2v) is 8.89. The van der Waals surface area contributed by atoms with E-state index in [1.54, 1.807) is 14.2 Å². The van der Waals surface area contributed by atoms with Crippen LogP contribution in [0.2, 0.25) is 0 Å². The van der Waals surface area contributed by atoms with Crippen LogP contribution in [0.4, 0.5) is 15.8 Å². The zero-order valence-electron chi connectivity index (χ0n) is 19.2. The van der Waals surface area contributed by atoms with Crippen molar-refractivity contribution in [1.82, 2.24) is 0 Å². The lowest BCUT2D eigenvalue weighted by Gasteiger charge is -2.47. The molecule has 1 spiro atoms. The first-order valence-corrected chi connectivity index (χ1v) is 10.9. The number of anilines is 2. The van der Waals surface area contributed by atoms with E-state index in [0.29, 0.717) is 18.0 Å². The van der Waals surface area contributed by atoms with Crippen molar-refractivity contribution in [3.8, 4) is 11.5 Å². The lowest BCUT2D eigenvalue weighted by molar-refractivity contribution is 0.0493. The first kappa shape index (κ1) is 21.3. The molecule has 0 aromatic heterocycles. The normalized spacial score (nSPS) is 19.7. The zero-order valence-corrected chi connectivity index (χ0v) is 19.2. The van der Waals surface area contributed by atoms with Crippen molar-refractivity contribution in [2.24, 2.45) is 0 Å². The van der Waals surface area contributed by atoms with Gasteiger partial charge in [0.2, 0.25) is 5.72 Å². The summed E-state index contributed by atoms with van der Waals surface area (Å²) in [6.45, 7) is 4.95. The van der Waals surface area contributed by atoms with Crippen molar-refractivity contribution in [2.75, 3.05) is 24.6 Å². The number of nitrogens with one attached hydrogen (secondary N) is 1. The van der Waals surface area contributed by atoms with Crippen molar-refractivity contribution in [2.45, 2.75) is 31.5 Å². The smallest absolute Gasteiger partial charge is 0.212 e. The van der Waals surface area contributed by atoms with Gasteiger partial charge in [0.05, 0.1) is 25.3 Å². The maximum atomic E-state index is 13.6. The highest BCUT2D eigenvalue weighted by Gasteiger charge is 2.59. The molecule has 0 fully saturated rings. The molecule has 0 bridgehead atoms. The molecule has 0 radical (unpaired) electrons. The van der Waals surface area contributed by atoms with Crippen LogP contribution in [0.25, 0.3) is 6.08 Å². The number of rotatable bonds is 5. The van der Waals surface area contributed by atoms with Crippen LogP contribution >= 0.6 is 0 Å². The third kappa shape index (κ3) is 3.25. The monoisotopic (exact) mass is 446 g/mol. The van der Waals surface area contributed by atoms with Crippen molar-refractivity contribution in [3.63, 3.8) is 0 Å². The number of para-hydroxylation sites is 1. The molecule has 2 aliphatic heterocycles. The zero-order chi connectivity index (χ0) is 23.2. The topological polar surface area (TPSA) is 43.0 Å². The Kier molecular flexibility index (Phi) is 5.05. The molecular weight excluding hydrogens is 419 g/mol. The van der Waals surface area contributed by atoms with Crippen molar-refractivity contribution >= 4 is 17.5 Å². The Morgan fingerprint density at radius 2 is 1.79 bits per heavy atom. The highest BCUT2D eigenvalue weighted by atomic mass is 19.1.